The number of hydrogen-bond donors (Lipinski definition) is 3. The lowest BCUT2D eigenvalue weighted by Gasteiger charge is -2.39. The number of benzene rings is 1. The summed E-state index contributed by atoms with van der Waals surface area (Å²) < 4.78 is 23.5. The molecule has 3 aliphatic rings. The van der Waals surface area contributed by atoms with E-state index in [4.69, 9.17) is 24.7 Å². The van der Waals surface area contributed by atoms with Gasteiger partial charge in [0.05, 0.1) is 49.1 Å². The molecule has 10 nitrogen and oxygen atoms in total. The second-order valence-electron chi connectivity index (χ2n) is 12.8. The quantitative estimate of drug-likeness (QED) is 0.103. The third-order valence-electron chi connectivity index (χ3n) is 8.64. The third-order valence-corrected chi connectivity index (χ3v) is 8.64. The van der Waals surface area contributed by atoms with Crippen molar-refractivity contribution >= 4 is 23.5 Å². The summed E-state index contributed by atoms with van der Waals surface area (Å²) in [5.41, 5.74) is 8.36. The zero-order chi connectivity index (χ0) is 32.6. The second kappa shape index (κ2) is 15.7. The summed E-state index contributed by atoms with van der Waals surface area (Å²) in [6.45, 7) is 10.4. The molecule has 246 valence electrons. The van der Waals surface area contributed by atoms with Gasteiger partial charge < -0.3 is 35.3 Å². The van der Waals surface area contributed by atoms with E-state index in [1.165, 1.54) is 13.0 Å². The van der Waals surface area contributed by atoms with Crippen molar-refractivity contribution in [2.24, 2.45) is 5.92 Å². The lowest BCUT2D eigenvalue weighted by molar-refractivity contribution is -0.143. The Bertz CT molecular complexity index is 1270. The number of carbonyl (C=O) groups excluding carboxylic acids is 3. The molecule has 4 rings (SSSR count). The van der Waals surface area contributed by atoms with Gasteiger partial charge in [-0.1, -0.05) is 42.9 Å². The predicted octanol–water partition coefficient (Wildman–Crippen LogP) is 4.29. The number of carbonyl (C=O) groups is 3. The van der Waals surface area contributed by atoms with Crippen molar-refractivity contribution in [2.45, 2.75) is 115 Å². The number of esters is 1. The number of hydrogen-bond acceptors (Lipinski definition) is 8. The van der Waals surface area contributed by atoms with E-state index in [1.54, 1.807) is 13.0 Å². The van der Waals surface area contributed by atoms with Crippen LogP contribution in [0.5, 0.6) is 0 Å². The van der Waals surface area contributed by atoms with Crippen molar-refractivity contribution in [3.8, 4) is 0 Å². The average Bonchev–Trinajstić information content (AvgIpc) is 3.72. The van der Waals surface area contributed by atoms with Crippen LogP contribution in [0.1, 0.15) is 72.3 Å². The summed E-state index contributed by atoms with van der Waals surface area (Å²) >= 11 is 0. The summed E-state index contributed by atoms with van der Waals surface area (Å²) in [5.74, 6) is -0.409. The lowest BCUT2D eigenvalue weighted by Crippen LogP contribution is -2.50. The highest BCUT2D eigenvalue weighted by atomic mass is 16.6. The van der Waals surface area contributed by atoms with Gasteiger partial charge >= 0.3 is 5.97 Å². The molecule has 0 saturated carbocycles. The number of epoxide rings is 1. The lowest BCUT2D eigenvalue weighted by atomic mass is 9.88. The largest absolute Gasteiger partial charge is 0.459 e. The molecule has 3 heterocycles. The molecule has 0 aromatic heterocycles. The summed E-state index contributed by atoms with van der Waals surface area (Å²) in [7, 11) is 0. The molecule has 45 heavy (non-hydrogen) atoms. The van der Waals surface area contributed by atoms with Gasteiger partial charge in [-0.25, -0.2) is 0 Å². The van der Waals surface area contributed by atoms with E-state index in [0.29, 0.717) is 25.3 Å². The van der Waals surface area contributed by atoms with Crippen LogP contribution in [-0.4, -0.2) is 66.6 Å². The Hall–Kier alpha value is -3.47. The molecule has 0 aliphatic carbocycles. The van der Waals surface area contributed by atoms with E-state index in [0.717, 1.165) is 36.8 Å². The highest BCUT2D eigenvalue weighted by Gasteiger charge is 2.51. The number of nitrogens with one attached hydrogen (secondary N) is 2. The van der Waals surface area contributed by atoms with E-state index in [1.807, 2.05) is 31.2 Å². The number of ether oxygens (including phenoxy) is 4. The van der Waals surface area contributed by atoms with Gasteiger partial charge in [-0.2, -0.15) is 0 Å². The fourth-order valence-corrected chi connectivity index (χ4v) is 5.99. The van der Waals surface area contributed by atoms with Gasteiger partial charge in [0, 0.05) is 38.1 Å². The van der Waals surface area contributed by atoms with E-state index >= 15 is 0 Å². The Balaban J connectivity index is 1.22. The molecule has 1 aromatic carbocycles. The van der Waals surface area contributed by atoms with E-state index in [-0.39, 0.29) is 59.8 Å². The molecule has 4 N–H and O–H groups in total. The smallest absolute Gasteiger partial charge is 0.303 e. The van der Waals surface area contributed by atoms with Gasteiger partial charge in [0.2, 0.25) is 11.8 Å². The van der Waals surface area contributed by atoms with Crippen molar-refractivity contribution in [1.29, 1.82) is 0 Å². The Morgan fingerprint density at radius 2 is 1.84 bits per heavy atom. The van der Waals surface area contributed by atoms with Gasteiger partial charge in [0.15, 0.2) is 0 Å². The first kappa shape index (κ1) is 34.4. The molecule has 1 aromatic rings. The van der Waals surface area contributed by atoms with E-state index in [9.17, 15) is 14.4 Å². The van der Waals surface area contributed by atoms with Gasteiger partial charge in [-0.15, -0.1) is 0 Å². The first-order valence-electron chi connectivity index (χ1n) is 16.0. The molecule has 3 aliphatic heterocycles. The normalized spacial score (nSPS) is 30.7. The van der Waals surface area contributed by atoms with Gasteiger partial charge in [-0.3, -0.25) is 14.4 Å². The maximum Gasteiger partial charge on any atom is 0.303 e. The highest BCUT2D eigenvalue weighted by molar-refractivity contribution is 5.87. The maximum atomic E-state index is 12.7. The van der Waals surface area contributed by atoms with Crippen LogP contribution in [0.2, 0.25) is 0 Å². The number of nitrogen functional groups attached to an aromatic ring is 1. The number of amides is 2. The van der Waals surface area contributed by atoms with Crippen molar-refractivity contribution in [2.75, 3.05) is 12.3 Å². The molecule has 8 atom stereocenters. The van der Waals surface area contributed by atoms with Crippen LogP contribution in [-0.2, 0) is 39.9 Å². The highest BCUT2D eigenvalue weighted by Crippen LogP contribution is 2.43. The molecular weight excluding hydrogens is 574 g/mol. The zero-order valence-electron chi connectivity index (χ0n) is 27.1. The first-order valence-corrected chi connectivity index (χ1v) is 16.0. The number of nitrogens with two attached hydrogens (primary N) is 1. The predicted molar refractivity (Wildman–Crippen MR) is 172 cm³/mol. The van der Waals surface area contributed by atoms with Crippen LogP contribution in [0.25, 0.3) is 0 Å². The zero-order valence-corrected chi connectivity index (χ0v) is 27.1. The number of allylic oxidation sites excluding steroid dienone is 2. The molecule has 0 radical (unpaired) electrons. The summed E-state index contributed by atoms with van der Waals surface area (Å²) in [5, 5.41) is 6.00. The van der Waals surface area contributed by atoms with E-state index in [2.05, 4.69) is 42.7 Å². The van der Waals surface area contributed by atoms with Crippen LogP contribution >= 0.6 is 0 Å². The van der Waals surface area contributed by atoms with Crippen LogP contribution in [0, 0.1) is 5.92 Å². The fraction of sp³-hybridized carbons (Fsp3) is 0.571. The van der Waals surface area contributed by atoms with Gasteiger partial charge in [0.1, 0.15) is 6.10 Å². The fourth-order valence-electron chi connectivity index (χ4n) is 5.99. The van der Waals surface area contributed by atoms with Gasteiger partial charge in [0.25, 0.3) is 0 Å². The molecule has 0 bridgehead atoms. The van der Waals surface area contributed by atoms with Crippen molar-refractivity contribution < 1.29 is 33.3 Å². The SMILES string of the molecule is CC(=O)O[C@@H](C)/C=C\C(=O)N[C@@H]1C[C@H](C)[C@H](C/C=C(C)/C=C/[C@@H]2CC3(CO3)C[C@@H](CC(=O)NCc3ccc(N)cc3)O2)O[C@@H]1C. The van der Waals surface area contributed by atoms with Crippen LogP contribution in [0.15, 0.2) is 60.2 Å². The monoisotopic (exact) mass is 623 g/mol. The Morgan fingerprint density at radius 3 is 2.53 bits per heavy atom. The minimum Gasteiger partial charge on any atom is -0.459 e. The van der Waals surface area contributed by atoms with Crippen molar-refractivity contribution in [3.63, 3.8) is 0 Å². The van der Waals surface area contributed by atoms with Crippen LogP contribution in [0.3, 0.4) is 0 Å². The Morgan fingerprint density at radius 1 is 1.11 bits per heavy atom. The third kappa shape index (κ3) is 11.1. The minimum absolute atomic E-state index is 0.0428. The number of rotatable bonds is 12. The van der Waals surface area contributed by atoms with Crippen molar-refractivity contribution in [3.05, 3.63) is 65.8 Å². The topological polar surface area (TPSA) is 142 Å². The molecule has 10 heteroatoms. The summed E-state index contributed by atoms with van der Waals surface area (Å²) in [6.07, 6.45) is 11.8. The molecule has 3 saturated heterocycles. The molecule has 1 unspecified atom stereocenters. The molecule has 1 spiro atoms. The Kier molecular flexibility index (Phi) is 12.0. The second-order valence-corrected chi connectivity index (χ2v) is 12.8. The number of anilines is 1. The first-order chi connectivity index (χ1) is 21.4. The van der Waals surface area contributed by atoms with Crippen LogP contribution in [0.4, 0.5) is 5.69 Å². The molecule has 3 fully saturated rings. The van der Waals surface area contributed by atoms with Crippen molar-refractivity contribution in [1.82, 2.24) is 10.6 Å². The molecular formula is C35H49N3O7. The average molecular weight is 624 g/mol. The van der Waals surface area contributed by atoms with E-state index < -0.39 is 6.10 Å². The maximum absolute atomic E-state index is 12.7. The standard InChI is InChI=1S/C35H49N3O7/c1-22(7-14-32-23(2)16-31(25(4)44-32)38-33(40)15-8-24(3)43-26(5)39)6-13-29-18-35(21-42-35)19-30(45-29)17-34(41)37-20-27-9-11-28(36)12-10-27/h6-13,15,23-25,29-32H,14,16-21,36H2,1-5H3,(H,37,41)(H,38,40)/b13-6+,15-8-,22-7+/t23-,24-,25+,29+,30+,31+,32-,35?/m0/s1. The van der Waals surface area contributed by atoms with Gasteiger partial charge in [-0.05, 0) is 63.3 Å². The molecule has 2 amide bonds. The minimum atomic E-state index is -0.465. The summed E-state index contributed by atoms with van der Waals surface area (Å²) in [4.78, 5) is 36.1. The van der Waals surface area contributed by atoms with Crippen LogP contribution < -0.4 is 16.4 Å². The summed E-state index contributed by atoms with van der Waals surface area (Å²) in [6, 6.07) is 7.37. The Labute approximate surface area is 266 Å².